The Kier molecular flexibility index (Phi) is 5.53. The molecule has 2 aromatic rings. The number of carbonyl (C=O) groups is 1. The fourth-order valence-corrected chi connectivity index (χ4v) is 3.01. The molecule has 4 heteroatoms. The van der Waals surface area contributed by atoms with Crippen molar-refractivity contribution in [1.82, 2.24) is 5.32 Å². The second-order valence-electron chi connectivity index (χ2n) is 5.13. The maximum absolute atomic E-state index is 11.2. The first kappa shape index (κ1) is 15.7. The SMILES string of the molecule is COC(=O)Cc1ccc(CN[C@H](C)c2ccc(C)cc2)s1. The lowest BCUT2D eigenvalue weighted by atomic mass is 10.1. The zero-order chi connectivity index (χ0) is 15.2. The van der Waals surface area contributed by atoms with Crippen molar-refractivity contribution in [2.24, 2.45) is 0 Å². The summed E-state index contributed by atoms with van der Waals surface area (Å²) in [6, 6.07) is 12.9. The number of thiophene rings is 1. The number of nitrogens with one attached hydrogen (secondary N) is 1. The van der Waals surface area contributed by atoms with Crippen LogP contribution < -0.4 is 5.32 Å². The van der Waals surface area contributed by atoms with E-state index in [4.69, 9.17) is 0 Å². The first-order valence-corrected chi connectivity index (χ1v) is 7.84. The van der Waals surface area contributed by atoms with Gasteiger partial charge in [0.05, 0.1) is 13.5 Å². The van der Waals surface area contributed by atoms with Crippen molar-refractivity contribution in [3.05, 3.63) is 57.3 Å². The molecule has 0 unspecified atom stereocenters. The van der Waals surface area contributed by atoms with Crippen LogP contribution in [0.1, 0.15) is 33.8 Å². The Morgan fingerprint density at radius 1 is 1.19 bits per heavy atom. The molecular formula is C17H21NO2S. The predicted molar refractivity (Wildman–Crippen MR) is 86.5 cm³/mol. The van der Waals surface area contributed by atoms with Gasteiger partial charge in [-0.15, -0.1) is 11.3 Å². The Balaban J connectivity index is 1.88. The Bertz CT molecular complexity index is 589. The van der Waals surface area contributed by atoms with Gasteiger partial charge in [-0.2, -0.15) is 0 Å². The van der Waals surface area contributed by atoms with Gasteiger partial charge in [0.1, 0.15) is 0 Å². The molecule has 1 heterocycles. The van der Waals surface area contributed by atoms with E-state index in [9.17, 15) is 4.79 Å². The van der Waals surface area contributed by atoms with E-state index < -0.39 is 0 Å². The number of ether oxygens (including phenoxy) is 1. The normalized spacial score (nSPS) is 12.1. The molecule has 3 nitrogen and oxygen atoms in total. The Hall–Kier alpha value is -1.65. The summed E-state index contributed by atoms with van der Waals surface area (Å²) in [6.07, 6.45) is 0.356. The molecule has 1 aromatic carbocycles. The molecule has 112 valence electrons. The lowest BCUT2D eigenvalue weighted by molar-refractivity contribution is -0.139. The van der Waals surface area contributed by atoms with Crippen molar-refractivity contribution in [2.45, 2.75) is 32.9 Å². The molecule has 0 spiro atoms. The van der Waals surface area contributed by atoms with Crippen LogP contribution in [0.3, 0.4) is 0 Å². The molecule has 0 aliphatic rings. The average molecular weight is 303 g/mol. The average Bonchev–Trinajstić information content (AvgIpc) is 2.93. The molecular weight excluding hydrogens is 282 g/mol. The van der Waals surface area contributed by atoms with E-state index in [1.54, 1.807) is 11.3 Å². The second-order valence-corrected chi connectivity index (χ2v) is 6.39. The number of hydrogen-bond acceptors (Lipinski definition) is 4. The van der Waals surface area contributed by atoms with Crippen molar-refractivity contribution in [3.63, 3.8) is 0 Å². The summed E-state index contributed by atoms with van der Waals surface area (Å²) < 4.78 is 4.68. The highest BCUT2D eigenvalue weighted by molar-refractivity contribution is 7.12. The molecule has 0 aliphatic carbocycles. The van der Waals surface area contributed by atoms with Crippen LogP contribution in [0, 0.1) is 6.92 Å². The van der Waals surface area contributed by atoms with Crippen molar-refractivity contribution >= 4 is 17.3 Å². The molecule has 0 saturated heterocycles. The van der Waals surface area contributed by atoms with Crippen LogP contribution in [0.15, 0.2) is 36.4 Å². The zero-order valence-electron chi connectivity index (χ0n) is 12.7. The molecule has 1 aromatic heterocycles. The van der Waals surface area contributed by atoms with E-state index in [0.29, 0.717) is 12.5 Å². The largest absolute Gasteiger partial charge is 0.469 e. The third-order valence-electron chi connectivity index (χ3n) is 3.42. The Labute approximate surface area is 130 Å². The summed E-state index contributed by atoms with van der Waals surface area (Å²) in [6.45, 7) is 5.06. The van der Waals surface area contributed by atoms with Crippen molar-refractivity contribution in [2.75, 3.05) is 7.11 Å². The third-order valence-corrected chi connectivity index (χ3v) is 4.51. The highest BCUT2D eigenvalue weighted by atomic mass is 32.1. The van der Waals surface area contributed by atoms with Gasteiger partial charge in [-0.3, -0.25) is 4.79 Å². The summed E-state index contributed by atoms with van der Waals surface area (Å²) in [7, 11) is 1.42. The molecule has 1 atom stereocenters. The fourth-order valence-electron chi connectivity index (χ4n) is 2.05. The fraction of sp³-hybridized carbons (Fsp3) is 0.353. The smallest absolute Gasteiger partial charge is 0.310 e. The van der Waals surface area contributed by atoms with Crippen LogP contribution in [-0.4, -0.2) is 13.1 Å². The van der Waals surface area contributed by atoms with Crippen molar-refractivity contribution < 1.29 is 9.53 Å². The maximum atomic E-state index is 11.2. The molecule has 21 heavy (non-hydrogen) atoms. The lowest BCUT2D eigenvalue weighted by Gasteiger charge is -2.13. The molecule has 2 rings (SSSR count). The van der Waals surface area contributed by atoms with Crippen LogP contribution in [0.5, 0.6) is 0 Å². The molecule has 0 bridgehead atoms. The number of aryl methyl sites for hydroxylation is 1. The molecule has 1 N–H and O–H groups in total. The van der Waals surface area contributed by atoms with E-state index in [-0.39, 0.29) is 5.97 Å². The van der Waals surface area contributed by atoms with Gasteiger partial charge in [0.2, 0.25) is 0 Å². The molecule has 0 radical (unpaired) electrons. The minimum absolute atomic E-state index is 0.190. The summed E-state index contributed by atoms with van der Waals surface area (Å²) in [5, 5.41) is 3.51. The summed E-state index contributed by atoms with van der Waals surface area (Å²) in [5.74, 6) is -0.190. The first-order valence-electron chi connectivity index (χ1n) is 7.03. The highest BCUT2D eigenvalue weighted by Crippen LogP contribution is 2.19. The number of esters is 1. The minimum Gasteiger partial charge on any atom is -0.469 e. The van der Waals surface area contributed by atoms with Gasteiger partial charge in [-0.1, -0.05) is 29.8 Å². The summed E-state index contributed by atoms with van der Waals surface area (Å²) in [5.41, 5.74) is 2.56. The predicted octanol–water partition coefficient (Wildman–Crippen LogP) is 3.62. The van der Waals surface area contributed by atoms with Crippen molar-refractivity contribution in [1.29, 1.82) is 0 Å². The zero-order valence-corrected chi connectivity index (χ0v) is 13.5. The van der Waals surface area contributed by atoms with E-state index in [0.717, 1.165) is 11.4 Å². The number of benzene rings is 1. The summed E-state index contributed by atoms with van der Waals surface area (Å²) in [4.78, 5) is 13.5. The van der Waals surface area contributed by atoms with Gasteiger partial charge in [0, 0.05) is 22.3 Å². The number of methoxy groups -OCH3 is 1. The number of hydrogen-bond donors (Lipinski definition) is 1. The van der Waals surface area contributed by atoms with Gasteiger partial charge < -0.3 is 10.1 Å². The number of carbonyl (C=O) groups excluding carboxylic acids is 1. The van der Waals surface area contributed by atoms with Gasteiger partial charge in [-0.25, -0.2) is 0 Å². The van der Waals surface area contributed by atoms with Crippen LogP contribution >= 0.6 is 11.3 Å². The highest BCUT2D eigenvalue weighted by Gasteiger charge is 2.08. The molecule has 0 fully saturated rings. The van der Waals surface area contributed by atoms with Gasteiger partial charge >= 0.3 is 5.97 Å². The molecule has 0 aliphatic heterocycles. The van der Waals surface area contributed by atoms with Crippen LogP contribution in [0.4, 0.5) is 0 Å². The van der Waals surface area contributed by atoms with Gasteiger partial charge in [0.15, 0.2) is 0 Å². The quantitative estimate of drug-likeness (QED) is 0.828. The Morgan fingerprint density at radius 2 is 1.86 bits per heavy atom. The monoisotopic (exact) mass is 303 g/mol. The van der Waals surface area contributed by atoms with Crippen LogP contribution in [-0.2, 0) is 22.5 Å². The van der Waals surface area contributed by atoms with Crippen molar-refractivity contribution in [3.8, 4) is 0 Å². The van der Waals surface area contributed by atoms with Gasteiger partial charge in [-0.05, 0) is 31.5 Å². The topological polar surface area (TPSA) is 38.3 Å². The number of rotatable bonds is 6. The Morgan fingerprint density at radius 3 is 2.52 bits per heavy atom. The van der Waals surface area contributed by atoms with Crippen LogP contribution in [0.2, 0.25) is 0 Å². The van der Waals surface area contributed by atoms with E-state index in [1.807, 2.05) is 6.07 Å². The third kappa shape index (κ3) is 4.69. The lowest BCUT2D eigenvalue weighted by Crippen LogP contribution is -2.17. The maximum Gasteiger partial charge on any atom is 0.310 e. The standard InChI is InChI=1S/C17H21NO2S/c1-12-4-6-14(7-5-12)13(2)18-11-16-9-8-15(21-16)10-17(19)20-3/h4-9,13,18H,10-11H2,1-3H3/t13-/m1/s1. The molecule has 0 saturated carbocycles. The van der Waals surface area contributed by atoms with E-state index >= 15 is 0 Å². The summed E-state index contributed by atoms with van der Waals surface area (Å²) >= 11 is 1.65. The molecule has 0 amide bonds. The second kappa shape index (κ2) is 7.38. The van der Waals surface area contributed by atoms with Crippen LogP contribution in [0.25, 0.3) is 0 Å². The van der Waals surface area contributed by atoms with Gasteiger partial charge in [0.25, 0.3) is 0 Å². The van der Waals surface area contributed by atoms with E-state index in [1.165, 1.54) is 23.1 Å². The first-order chi connectivity index (χ1) is 10.1. The minimum atomic E-state index is -0.190. The van der Waals surface area contributed by atoms with E-state index in [2.05, 4.69) is 54.2 Å².